The van der Waals surface area contributed by atoms with E-state index in [9.17, 15) is 23.6 Å². The topological polar surface area (TPSA) is 108 Å². The Labute approximate surface area is 189 Å². The van der Waals surface area contributed by atoms with Crippen LogP contribution in [-0.2, 0) is 19.9 Å². The number of rotatable bonds is 8. The summed E-state index contributed by atoms with van der Waals surface area (Å²) < 4.78 is 13.2. The first-order valence-corrected chi connectivity index (χ1v) is 10.3. The largest absolute Gasteiger partial charge is 0.355 e. The fraction of sp³-hybridized carbons (Fsp3) is 0.273. The Morgan fingerprint density at radius 1 is 1.06 bits per heavy atom. The number of imide groups is 1. The van der Waals surface area contributed by atoms with E-state index in [4.69, 9.17) is 11.6 Å². The minimum atomic E-state index is -1.38. The monoisotopic (exact) mass is 460 g/mol. The summed E-state index contributed by atoms with van der Waals surface area (Å²) in [6.45, 7) is 1.24. The molecule has 1 aliphatic heterocycles. The molecule has 0 spiro atoms. The highest BCUT2D eigenvalue weighted by atomic mass is 35.5. The number of benzene rings is 2. The highest BCUT2D eigenvalue weighted by Gasteiger charge is 2.49. The second-order valence-electron chi connectivity index (χ2n) is 7.46. The first-order valence-electron chi connectivity index (χ1n) is 9.91. The minimum absolute atomic E-state index is 0.175. The first kappa shape index (κ1) is 23.2. The molecule has 8 nitrogen and oxygen atoms in total. The molecule has 1 aliphatic rings. The third kappa shape index (κ3) is 5.42. The molecule has 1 unspecified atom stereocenters. The van der Waals surface area contributed by atoms with Crippen molar-refractivity contribution in [3.05, 3.63) is 64.9 Å². The van der Waals surface area contributed by atoms with E-state index in [-0.39, 0.29) is 18.9 Å². The van der Waals surface area contributed by atoms with Gasteiger partial charge >= 0.3 is 6.03 Å². The molecule has 1 fully saturated rings. The summed E-state index contributed by atoms with van der Waals surface area (Å²) in [6, 6.07) is 11.2. The lowest BCUT2D eigenvalue weighted by Gasteiger charge is -2.22. The van der Waals surface area contributed by atoms with Gasteiger partial charge in [0.2, 0.25) is 11.8 Å². The molecule has 0 aliphatic carbocycles. The fourth-order valence-electron chi connectivity index (χ4n) is 3.25. The SMILES string of the molecule is CC1(c2ccc(F)cc2)NC(=O)N(CC(=O)NCCCC(=O)Nc2ccc(Cl)cc2)C1=O. The smallest absolute Gasteiger partial charge is 0.325 e. The number of nitrogens with zero attached hydrogens (tertiary/aromatic N) is 1. The van der Waals surface area contributed by atoms with Crippen molar-refractivity contribution < 1.29 is 23.6 Å². The van der Waals surface area contributed by atoms with Crippen molar-refractivity contribution in [1.82, 2.24) is 15.5 Å². The molecule has 1 atom stereocenters. The van der Waals surface area contributed by atoms with E-state index in [1.54, 1.807) is 24.3 Å². The quantitative estimate of drug-likeness (QED) is 0.416. The van der Waals surface area contributed by atoms with Gasteiger partial charge < -0.3 is 16.0 Å². The van der Waals surface area contributed by atoms with E-state index >= 15 is 0 Å². The molecule has 0 saturated carbocycles. The zero-order chi connectivity index (χ0) is 23.3. The van der Waals surface area contributed by atoms with Crippen LogP contribution in [0.5, 0.6) is 0 Å². The van der Waals surface area contributed by atoms with Crippen LogP contribution in [0.15, 0.2) is 48.5 Å². The van der Waals surface area contributed by atoms with Crippen LogP contribution in [0.25, 0.3) is 0 Å². The van der Waals surface area contributed by atoms with E-state index in [1.165, 1.54) is 31.2 Å². The van der Waals surface area contributed by atoms with Gasteiger partial charge in [0.05, 0.1) is 0 Å². The van der Waals surface area contributed by atoms with Crippen molar-refractivity contribution >= 4 is 41.0 Å². The lowest BCUT2D eigenvalue weighted by atomic mass is 9.92. The molecule has 0 aromatic heterocycles. The van der Waals surface area contributed by atoms with Crippen molar-refractivity contribution in [2.45, 2.75) is 25.3 Å². The van der Waals surface area contributed by atoms with Gasteiger partial charge in [-0.25, -0.2) is 9.18 Å². The molecule has 3 rings (SSSR count). The average Bonchev–Trinajstić information content (AvgIpc) is 2.97. The van der Waals surface area contributed by atoms with Crippen molar-refractivity contribution in [3.63, 3.8) is 0 Å². The zero-order valence-electron chi connectivity index (χ0n) is 17.3. The molecule has 0 bridgehead atoms. The van der Waals surface area contributed by atoms with Crippen LogP contribution >= 0.6 is 11.6 Å². The normalized spacial score (nSPS) is 17.8. The second-order valence-corrected chi connectivity index (χ2v) is 7.90. The third-order valence-electron chi connectivity index (χ3n) is 5.03. The number of hydrogen-bond donors (Lipinski definition) is 3. The Bertz CT molecular complexity index is 1030. The van der Waals surface area contributed by atoms with Crippen LogP contribution in [0.2, 0.25) is 5.02 Å². The van der Waals surface area contributed by atoms with E-state index < -0.39 is 35.7 Å². The molecule has 2 aromatic rings. The van der Waals surface area contributed by atoms with Gasteiger partial charge in [0.15, 0.2) is 0 Å². The maximum atomic E-state index is 13.2. The van der Waals surface area contributed by atoms with E-state index in [0.29, 0.717) is 22.7 Å². The zero-order valence-corrected chi connectivity index (χ0v) is 18.0. The molecule has 2 aromatic carbocycles. The predicted octanol–water partition coefficient (Wildman–Crippen LogP) is 2.78. The maximum absolute atomic E-state index is 13.2. The molecule has 10 heteroatoms. The van der Waals surface area contributed by atoms with E-state index in [0.717, 1.165) is 4.90 Å². The van der Waals surface area contributed by atoms with Gasteiger partial charge in [-0.3, -0.25) is 19.3 Å². The summed E-state index contributed by atoms with van der Waals surface area (Å²) in [7, 11) is 0. The Morgan fingerprint density at radius 3 is 2.38 bits per heavy atom. The molecular weight excluding hydrogens is 439 g/mol. The Morgan fingerprint density at radius 2 is 1.72 bits per heavy atom. The fourth-order valence-corrected chi connectivity index (χ4v) is 3.38. The van der Waals surface area contributed by atoms with Crippen molar-refractivity contribution in [1.29, 1.82) is 0 Å². The molecule has 1 saturated heterocycles. The third-order valence-corrected chi connectivity index (χ3v) is 5.28. The Hall–Kier alpha value is -3.46. The number of hydrogen-bond acceptors (Lipinski definition) is 4. The number of amides is 5. The van der Waals surface area contributed by atoms with Crippen LogP contribution < -0.4 is 16.0 Å². The molecule has 3 N–H and O–H groups in total. The molecule has 5 amide bonds. The van der Waals surface area contributed by atoms with E-state index in [2.05, 4.69) is 16.0 Å². The van der Waals surface area contributed by atoms with Crippen molar-refractivity contribution in [3.8, 4) is 0 Å². The summed E-state index contributed by atoms with van der Waals surface area (Å²) in [5.41, 5.74) is -0.358. The van der Waals surface area contributed by atoms with E-state index in [1.807, 2.05) is 0 Å². The first-order chi connectivity index (χ1) is 15.2. The lowest BCUT2D eigenvalue weighted by molar-refractivity contribution is -0.134. The van der Waals surface area contributed by atoms with Crippen LogP contribution in [0.1, 0.15) is 25.3 Å². The molecular formula is C22H22ClFN4O4. The van der Waals surface area contributed by atoms with Crippen LogP contribution in [-0.4, -0.2) is 41.7 Å². The lowest BCUT2D eigenvalue weighted by Crippen LogP contribution is -2.43. The predicted molar refractivity (Wildman–Crippen MR) is 116 cm³/mol. The molecule has 32 heavy (non-hydrogen) atoms. The number of anilines is 1. The summed E-state index contributed by atoms with van der Waals surface area (Å²) in [5, 5.41) is 8.43. The van der Waals surface area contributed by atoms with Gasteiger partial charge in [-0.15, -0.1) is 0 Å². The number of nitrogens with one attached hydrogen (secondary N) is 3. The van der Waals surface area contributed by atoms with Gasteiger partial charge in [-0.05, 0) is 55.3 Å². The van der Waals surface area contributed by atoms with Crippen molar-refractivity contribution in [2.24, 2.45) is 0 Å². The maximum Gasteiger partial charge on any atom is 0.325 e. The molecule has 1 heterocycles. The number of carbonyl (C=O) groups is 4. The van der Waals surface area contributed by atoms with Crippen LogP contribution in [0, 0.1) is 5.82 Å². The number of carbonyl (C=O) groups excluding carboxylic acids is 4. The average molecular weight is 461 g/mol. The Balaban J connectivity index is 1.45. The summed E-state index contributed by atoms with van der Waals surface area (Å²) in [5.74, 6) is -1.82. The van der Waals surface area contributed by atoms with Gasteiger partial charge in [0, 0.05) is 23.7 Å². The highest BCUT2D eigenvalue weighted by Crippen LogP contribution is 2.28. The molecule has 0 radical (unpaired) electrons. The minimum Gasteiger partial charge on any atom is -0.355 e. The summed E-state index contributed by atoms with van der Waals surface area (Å²) in [6.07, 6.45) is 0.549. The van der Waals surface area contributed by atoms with Crippen molar-refractivity contribution in [2.75, 3.05) is 18.4 Å². The Kier molecular flexibility index (Phi) is 7.09. The van der Waals surface area contributed by atoms with Gasteiger partial charge in [-0.1, -0.05) is 23.7 Å². The van der Waals surface area contributed by atoms with Gasteiger partial charge in [0.25, 0.3) is 5.91 Å². The van der Waals surface area contributed by atoms with Crippen LogP contribution in [0.4, 0.5) is 14.9 Å². The van der Waals surface area contributed by atoms with Gasteiger partial charge in [-0.2, -0.15) is 0 Å². The second kappa shape index (κ2) is 9.78. The van der Waals surface area contributed by atoms with Gasteiger partial charge in [0.1, 0.15) is 17.9 Å². The van der Waals surface area contributed by atoms with Crippen LogP contribution in [0.3, 0.4) is 0 Å². The molecule has 168 valence electrons. The summed E-state index contributed by atoms with van der Waals surface area (Å²) in [4.78, 5) is 50.0. The standard InChI is InChI=1S/C22H22ClFN4O4/c1-22(14-4-8-16(24)9-5-14)20(31)28(21(32)27-22)13-19(30)25-12-2-3-18(29)26-17-10-6-15(23)7-11-17/h4-11H,2-3,12-13H2,1H3,(H,25,30)(H,26,29)(H,27,32). The highest BCUT2D eigenvalue weighted by molar-refractivity contribution is 6.30. The number of halogens is 2. The summed E-state index contributed by atoms with van der Waals surface area (Å²) >= 11 is 5.80. The number of urea groups is 1.